The molecular formula is C24H26N2O3. The zero-order valence-corrected chi connectivity index (χ0v) is 16.6. The van der Waals surface area contributed by atoms with Crippen molar-refractivity contribution in [2.24, 2.45) is 5.41 Å². The molecule has 3 aliphatic rings. The quantitative estimate of drug-likeness (QED) is 0.808. The Morgan fingerprint density at radius 3 is 2.66 bits per heavy atom. The van der Waals surface area contributed by atoms with Gasteiger partial charge >= 0.3 is 0 Å². The average molecular weight is 390 g/mol. The van der Waals surface area contributed by atoms with Gasteiger partial charge in [-0.1, -0.05) is 30.3 Å². The molecule has 29 heavy (non-hydrogen) atoms. The molecule has 0 N–H and O–H groups in total. The van der Waals surface area contributed by atoms with Crippen molar-refractivity contribution in [3.63, 3.8) is 0 Å². The normalized spacial score (nSPS) is 20.1. The first-order valence-corrected chi connectivity index (χ1v) is 10.5. The van der Waals surface area contributed by atoms with Crippen molar-refractivity contribution in [3.8, 4) is 5.75 Å². The summed E-state index contributed by atoms with van der Waals surface area (Å²) in [6, 6.07) is 15.9. The van der Waals surface area contributed by atoms with Gasteiger partial charge in [0.1, 0.15) is 5.75 Å². The van der Waals surface area contributed by atoms with Gasteiger partial charge in [-0.2, -0.15) is 0 Å². The summed E-state index contributed by atoms with van der Waals surface area (Å²) < 4.78 is 5.54. The fourth-order valence-corrected chi connectivity index (χ4v) is 4.95. The minimum absolute atomic E-state index is 0.0222. The highest BCUT2D eigenvalue weighted by atomic mass is 16.5. The second kappa shape index (κ2) is 7.21. The fourth-order valence-electron chi connectivity index (χ4n) is 4.95. The summed E-state index contributed by atoms with van der Waals surface area (Å²) >= 11 is 0. The number of carbonyl (C=O) groups is 2. The molecule has 0 saturated carbocycles. The van der Waals surface area contributed by atoms with E-state index in [-0.39, 0.29) is 17.2 Å². The maximum absolute atomic E-state index is 13.0. The minimum Gasteiger partial charge on any atom is -0.493 e. The van der Waals surface area contributed by atoms with Crippen molar-refractivity contribution < 1.29 is 14.3 Å². The van der Waals surface area contributed by atoms with Crippen LogP contribution in [0.3, 0.4) is 0 Å². The number of benzene rings is 2. The standard InChI is InChI=1S/C24H26N2O3/c27-22-15-24(17-26(22)16-18-4-2-1-3-5-18)9-11-25(12-10-24)23(28)20-6-7-21-19(14-20)8-13-29-21/h1-7,14H,8-13,15-17H2. The first-order valence-electron chi connectivity index (χ1n) is 10.5. The van der Waals surface area contributed by atoms with Gasteiger partial charge in [0.2, 0.25) is 5.91 Å². The number of amides is 2. The van der Waals surface area contributed by atoms with Crippen molar-refractivity contribution >= 4 is 11.8 Å². The maximum Gasteiger partial charge on any atom is 0.253 e. The summed E-state index contributed by atoms with van der Waals surface area (Å²) in [4.78, 5) is 29.6. The van der Waals surface area contributed by atoms with E-state index in [0.29, 0.717) is 19.6 Å². The third-order valence-electron chi connectivity index (χ3n) is 6.67. The monoisotopic (exact) mass is 390 g/mol. The molecule has 0 unspecified atom stereocenters. The molecule has 5 nitrogen and oxygen atoms in total. The van der Waals surface area contributed by atoms with Crippen LogP contribution >= 0.6 is 0 Å². The van der Waals surface area contributed by atoms with Crippen LogP contribution in [0.5, 0.6) is 5.75 Å². The van der Waals surface area contributed by atoms with Gasteiger partial charge in [0.25, 0.3) is 5.91 Å². The van der Waals surface area contributed by atoms with E-state index in [1.807, 2.05) is 46.2 Å². The molecule has 2 aromatic rings. The maximum atomic E-state index is 13.0. The summed E-state index contributed by atoms with van der Waals surface area (Å²) in [6.07, 6.45) is 3.27. The molecule has 5 heteroatoms. The van der Waals surface area contributed by atoms with Gasteiger partial charge < -0.3 is 14.5 Å². The predicted molar refractivity (Wildman–Crippen MR) is 110 cm³/mol. The third kappa shape index (κ3) is 3.50. The van der Waals surface area contributed by atoms with Gasteiger partial charge in [-0.25, -0.2) is 0 Å². The molecule has 0 aliphatic carbocycles. The number of hydrogen-bond acceptors (Lipinski definition) is 3. The molecule has 5 rings (SSSR count). The topological polar surface area (TPSA) is 49.9 Å². The lowest BCUT2D eigenvalue weighted by Gasteiger charge is -2.39. The van der Waals surface area contributed by atoms with Gasteiger partial charge in [0.05, 0.1) is 6.61 Å². The van der Waals surface area contributed by atoms with Crippen molar-refractivity contribution in [3.05, 3.63) is 65.2 Å². The Morgan fingerprint density at radius 1 is 1.07 bits per heavy atom. The van der Waals surface area contributed by atoms with E-state index >= 15 is 0 Å². The first-order chi connectivity index (χ1) is 14.1. The average Bonchev–Trinajstić information content (AvgIpc) is 3.33. The Bertz CT molecular complexity index is 932. The number of fused-ring (bicyclic) bond motifs is 1. The smallest absolute Gasteiger partial charge is 0.253 e. The van der Waals surface area contributed by atoms with Crippen LogP contribution in [-0.4, -0.2) is 47.9 Å². The van der Waals surface area contributed by atoms with Crippen molar-refractivity contribution in [2.45, 2.75) is 32.2 Å². The highest BCUT2D eigenvalue weighted by Crippen LogP contribution is 2.41. The largest absolute Gasteiger partial charge is 0.493 e. The van der Waals surface area contributed by atoms with E-state index in [0.717, 1.165) is 55.8 Å². The highest BCUT2D eigenvalue weighted by molar-refractivity contribution is 5.94. The van der Waals surface area contributed by atoms with E-state index < -0.39 is 0 Å². The predicted octanol–water partition coefficient (Wildman–Crippen LogP) is 3.28. The zero-order valence-electron chi connectivity index (χ0n) is 16.6. The van der Waals surface area contributed by atoms with Gasteiger partial charge in [-0.15, -0.1) is 0 Å². The molecule has 0 radical (unpaired) electrons. The molecule has 0 atom stereocenters. The Kier molecular flexibility index (Phi) is 4.53. The van der Waals surface area contributed by atoms with Crippen LogP contribution in [-0.2, 0) is 17.8 Å². The van der Waals surface area contributed by atoms with E-state index in [2.05, 4.69) is 12.1 Å². The first kappa shape index (κ1) is 18.2. The van der Waals surface area contributed by atoms with Crippen molar-refractivity contribution in [1.29, 1.82) is 0 Å². The van der Waals surface area contributed by atoms with E-state index in [1.165, 1.54) is 5.56 Å². The molecule has 2 saturated heterocycles. The van der Waals surface area contributed by atoms with Gasteiger partial charge in [0.15, 0.2) is 0 Å². The highest BCUT2D eigenvalue weighted by Gasteiger charge is 2.45. The molecule has 0 bridgehead atoms. The van der Waals surface area contributed by atoms with Crippen LogP contribution in [0.4, 0.5) is 0 Å². The van der Waals surface area contributed by atoms with E-state index in [1.54, 1.807) is 0 Å². The molecule has 3 heterocycles. The van der Waals surface area contributed by atoms with E-state index in [4.69, 9.17) is 4.74 Å². The SMILES string of the molecule is O=C1CC2(CCN(C(=O)c3ccc4c(c3)CCO4)CC2)CN1Cc1ccccc1. The van der Waals surface area contributed by atoms with Crippen LogP contribution < -0.4 is 4.74 Å². The van der Waals surface area contributed by atoms with Crippen LogP contribution in [0.1, 0.15) is 40.7 Å². The van der Waals surface area contributed by atoms with E-state index in [9.17, 15) is 9.59 Å². The fraction of sp³-hybridized carbons (Fsp3) is 0.417. The molecule has 3 aliphatic heterocycles. The van der Waals surface area contributed by atoms with Gasteiger partial charge in [0, 0.05) is 50.0 Å². The second-order valence-electron chi connectivity index (χ2n) is 8.63. The lowest BCUT2D eigenvalue weighted by molar-refractivity contribution is -0.128. The molecule has 2 amide bonds. The van der Waals surface area contributed by atoms with Crippen LogP contribution in [0.15, 0.2) is 48.5 Å². The number of likely N-dealkylation sites (tertiary alicyclic amines) is 2. The molecule has 0 aromatic heterocycles. The zero-order chi connectivity index (χ0) is 19.8. The molecule has 150 valence electrons. The van der Waals surface area contributed by atoms with Crippen LogP contribution in [0, 0.1) is 5.41 Å². The van der Waals surface area contributed by atoms with Crippen molar-refractivity contribution in [1.82, 2.24) is 9.80 Å². The number of rotatable bonds is 3. The summed E-state index contributed by atoms with van der Waals surface area (Å²) in [5, 5.41) is 0. The van der Waals surface area contributed by atoms with Crippen LogP contribution in [0.2, 0.25) is 0 Å². The lowest BCUT2D eigenvalue weighted by atomic mass is 9.77. The molecule has 1 spiro atoms. The summed E-state index contributed by atoms with van der Waals surface area (Å²) in [5.41, 5.74) is 3.07. The second-order valence-corrected chi connectivity index (χ2v) is 8.63. The van der Waals surface area contributed by atoms with Crippen LogP contribution in [0.25, 0.3) is 0 Å². The summed E-state index contributed by atoms with van der Waals surface area (Å²) in [5.74, 6) is 1.24. The molecule has 2 fully saturated rings. The molecule has 2 aromatic carbocycles. The van der Waals surface area contributed by atoms with Crippen molar-refractivity contribution in [2.75, 3.05) is 26.2 Å². The molecular weight excluding hydrogens is 364 g/mol. The Labute approximate surface area is 171 Å². The summed E-state index contributed by atoms with van der Waals surface area (Å²) in [6.45, 7) is 3.63. The Balaban J connectivity index is 1.22. The summed E-state index contributed by atoms with van der Waals surface area (Å²) in [7, 11) is 0. The number of ether oxygens (including phenoxy) is 1. The number of piperidine rings is 1. The number of nitrogens with zero attached hydrogens (tertiary/aromatic N) is 2. The van der Waals surface area contributed by atoms with Gasteiger partial charge in [-0.05, 0) is 42.2 Å². The Hall–Kier alpha value is -2.82. The Morgan fingerprint density at radius 2 is 1.86 bits per heavy atom. The number of hydrogen-bond donors (Lipinski definition) is 0. The number of carbonyl (C=O) groups excluding carboxylic acids is 2. The van der Waals surface area contributed by atoms with Gasteiger partial charge in [-0.3, -0.25) is 9.59 Å². The lowest BCUT2D eigenvalue weighted by Crippen LogP contribution is -2.44. The third-order valence-corrected chi connectivity index (χ3v) is 6.67. The minimum atomic E-state index is 0.0222.